The largest absolute Gasteiger partial charge is 0.478 e. The summed E-state index contributed by atoms with van der Waals surface area (Å²) in [5, 5.41) is 21.0. The molecule has 0 aliphatic rings. The number of rotatable bonds is 2. The van der Waals surface area contributed by atoms with Crippen LogP contribution in [0.5, 0.6) is 0 Å². The van der Waals surface area contributed by atoms with Gasteiger partial charge in [-0.3, -0.25) is 0 Å². The smallest absolute Gasteiger partial charge is 0.339 e. The zero-order chi connectivity index (χ0) is 13.4. The topological polar surface area (TPSA) is 106 Å². The predicted molar refractivity (Wildman–Crippen MR) is 67.6 cm³/mol. The van der Waals surface area contributed by atoms with Gasteiger partial charge in [0.15, 0.2) is 11.5 Å². The molecule has 0 saturated heterocycles. The monoisotopic (exact) mass is 255 g/mol. The number of nitrogen functional groups attached to an aromatic ring is 1. The fraction of sp³-hybridized carbons (Fsp3) is 0. The molecule has 0 aliphatic heterocycles. The van der Waals surface area contributed by atoms with Crippen LogP contribution in [-0.4, -0.2) is 30.9 Å². The van der Waals surface area contributed by atoms with E-state index in [0.29, 0.717) is 11.5 Å². The van der Waals surface area contributed by atoms with Crippen molar-refractivity contribution in [1.82, 2.24) is 19.8 Å². The van der Waals surface area contributed by atoms with Crippen LogP contribution in [0.3, 0.4) is 0 Å². The van der Waals surface area contributed by atoms with E-state index in [1.165, 1.54) is 16.8 Å². The van der Waals surface area contributed by atoms with Crippen molar-refractivity contribution >= 4 is 17.3 Å². The molecule has 0 aliphatic carbocycles. The maximum Gasteiger partial charge on any atom is 0.339 e. The van der Waals surface area contributed by atoms with Crippen LogP contribution in [0.25, 0.3) is 17.0 Å². The van der Waals surface area contributed by atoms with E-state index in [-0.39, 0.29) is 11.2 Å². The van der Waals surface area contributed by atoms with Crippen LogP contribution in [0.4, 0.5) is 5.69 Å². The number of aromatic carboxylic acids is 1. The van der Waals surface area contributed by atoms with Gasteiger partial charge in [0.05, 0.1) is 0 Å². The third-order valence-corrected chi connectivity index (χ3v) is 2.70. The second kappa shape index (κ2) is 4.05. The molecule has 0 radical (unpaired) electrons. The van der Waals surface area contributed by atoms with Crippen molar-refractivity contribution in [3.05, 3.63) is 42.1 Å². The van der Waals surface area contributed by atoms with Gasteiger partial charge in [-0.1, -0.05) is 0 Å². The summed E-state index contributed by atoms with van der Waals surface area (Å²) in [5.74, 6) is -0.596. The Morgan fingerprint density at radius 2 is 1.89 bits per heavy atom. The number of hydrogen-bond donors (Lipinski definition) is 2. The van der Waals surface area contributed by atoms with Crippen molar-refractivity contribution < 1.29 is 9.90 Å². The highest BCUT2D eigenvalue weighted by Gasteiger charge is 2.15. The van der Waals surface area contributed by atoms with Gasteiger partial charge in [0.1, 0.15) is 5.56 Å². The van der Waals surface area contributed by atoms with E-state index < -0.39 is 5.97 Å². The van der Waals surface area contributed by atoms with Crippen molar-refractivity contribution in [3.63, 3.8) is 0 Å². The van der Waals surface area contributed by atoms with E-state index in [0.717, 1.165) is 5.56 Å². The van der Waals surface area contributed by atoms with Crippen LogP contribution in [0.2, 0.25) is 0 Å². The highest BCUT2D eigenvalue weighted by molar-refractivity contribution is 5.94. The number of aromatic nitrogens is 4. The molecule has 7 heteroatoms. The highest BCUT2D eigenvalue weighted by Crippen LogP contribution is 2.19. The van der Waals surface area contributed by atoms with Crippen molar-refractivity contribution in [3.8, 4) is 11.4 Å². The Bertz CT molecular complexity index is 763. The number of carboxylic acid groups (broad SMARTS) is 1. The van der Waals surface area contributed by atoms with Gasteiger partial charge in [-0.05, 0) is 30.3 Å². The summed E-state index contributed by atoms with van der Waals surface area (Å²) in [6.45, 7) is 0. The summed E-state index contributed by atoms with van der Waals surface area (Å²) in [5.41, 5.74) is 7.29. The maximum absolute atomic E-state index is 11.1. The second-order valence-corrected chi connectivity index (χ2v) is 3.93. The Kier molecular flexibility index (Phi) is 2.38. The van der Waals surface area contributed by atoms with Crippen LogP contribution >= 0.6 is 0 Å². The maximum atomic E-state index is 11.1. The molecular formula is C12H9N5O2. The van der Waals surface area contributed by atoms with Crippen LogP contribution in [0.15, 0.2) is 36.5 Å². The standard InChI is InChI=1S/C12H9N5O2/c13-8-3-1-7(2-4-8)10-15-16-11-9(12(18)19)5-6-14-17(10)11/h1-6H,13H2,(H,18,19). The van der Waals surface area contributed by atoms with Gasteiger partial charge < -0.3 is 10.8 Å². The Balaban J connectivity index is 2.24. The number of carbonyl (C=O) groups is 1. The zero-order valence-electron chi connectivity index (χ0n) is 9.69. The molecule has 0 amide bonds. The third kappa shape index (κ3) is 1.77. The minimum Gasteiger partial charge on any atom is -0.478 e. The molecule has 0 spiro atoms. The molecule has 2 aromatic heterocycles. The van der Waals surface area contributed by atoms with Crippen LogP contribution in [0.1, 0.15) is 10.4 Å². The Labute approximate surface area is 107 Å². The SMILES string of the molecule is Nc1ccc(-c2nnc3c(C(=O)O)ccnn23)cc1. The third-order valence-electron chi connectivity index (χ3n) is 2.70. The fourth-order valence-corrected chi connectivity index (χ4v) is 1.79. The molecule has 7 nitrogen and oxygen atoms in total. The molecule has 2 heterocycles. The zero-order valence-corrected chi connectivity index (χ0v) is 9.69. The molecule has 1 aromatic carbocycles. The summed E-state index contributed by atoms with van der Waals surface area (Å²) >= 11 is 0. The summed E-state index contributed by atoms with van der Waals surface area (Å²) in [7, 11) is 0. The molecule has 19 heavy (non-hydrogen) atoms. The first-order chi connectivity index (χ1) is 9.16. The summed E-state index contributed by atoms with van der Waals surface area (Å²) in [4.78, 5) is 11.1. The Morgan fingerprint density at radius 3 is 2.58 bits per heavy atom. The van der Waals surface area contributed by atoms with Crippen molar-refractivity contribution in [1.29, 1.82) is 0 Å². The quantitative estimate of drug-likeness (QED) is 0.663. The van der Waals surface area contributed by atoms with Crippen LogP contribution in [-0.2, 0) is 0 Å². The van der Waals surface area contributed by atoms with E-state index in [4.69, 9.17) is 10.8 Å². The Morgan fingerprint density at radius 1 is 1.16 bits per heavy atom. The van der Waals surface area contributed by atoms with Crippen molar-refractivity contribution in [2.75, 3.05) is 5.73 Å². The van der Waals surface area contributed by atoms with Crippen molar-refractivity contribution in [2.24, 2.45) is 0 Å². The molecule has 0 bridgehead atoms. The van der Waals surface area contributed by atoms with Gasteiger partial charge in [0.25, 0.3) is 0 Å². The van der Waals surface area contributed by atoms with E-state index in [2.05, 4.69) is 15.3 Å². The number of nitrogens with zero attached hydrogens (tertiary/aromatic N) is 4. The molecule has 0 fully saturated rings. The van der Waals surface area contributed by atoms with Gasteiger partial charge >= 0.3 is 5.97 Å². The van der Waals surface area contributed by atoms with Crippen LogP contribution < -0.4 is 5.73 Å². The molecule has 0 unspecified atom stereocenters. The number of carboxylic acids is 1. The van der Waals surface area contributed by atoms with Gasteiger partial charge in [0, 0.05) is 17.4 Å². The lowest BCUT2D eigenvalue weighted by Gasteiger charge is -2.00. The molecule has 3 rings (SSSR count). The average molecular weight is 255 g/mol. The molecule has 0 saturated carbocycles. The average Bonchev–Trinajstić information content (AvgIpc) is 2.83. The number of fused-ring (bicyclic) bond motifs is 1. The second-order valence-electron chi connectivity index (χ2n) is 3.93. The fourth-order valence-electron chi connectivity index (χ4n) is 1.79. The first kappa shape index (κ1) is 11.1. The molecular weight excluding hydrogens is 246 g/mol. The highest BCUT2D eigenvalue weighted by atomic mass is 16.4. The van der Waals surface area contributed by atoms with Crippen LogP contribution in [0, 0.1) is 0 Å². The summed E-state index contributed by atoms with van der Waals surface area (Å²) in [6.07, 6.45) is 1.40. The van der Waals surface area contributed by atoms with E-state index in [1.54, 1.807) is 24.3 Å². The lowest BCUT2D eigenvalue weighted by Crippen LogP contribution is -2.03. The first-order valence-corrected chi connectivity index (χ1v) is 5.46. The summed E-state index contributed by atoms with van der Waals surface area (Å²) in [6, 6.07) is 8.41. The number of benzene rings is 1. The normalized spacial score (nSPS) is 10.7. The minimum absolute atomic E-state index is 0.0594. The van der Waals surface area contributed by atoms with Gasteiger partial charge in [-0.25, -0.2) is 4.79 Å². The molecule has 0 atom stereocenters. The lowest BCUT2D eigenvalue weighted by molar-refractivity contribution is 0.0698. The number of anilines is 1. The predicted octanol–water partition coefficient (Wildman–Crippen LogP) is 1.07. The molecule has 3 aromatic rings. The van der Waals surface area contributed by atoms with Crippen molar-refractivity contribution in [2.45, 2.75) is 0 Å². The van der Waals surface area contributed by atoms with Gasteiger partial charge in [-0.2, -0.15) is 9.61 Å². The summed E-state index contributed by atoms with van der Waals surface area (Å²) < 4.78 is 1.40. The number of hydrogen-bond acceptors (Lipinski definition) is 5. The van der Waals surface area contributed by atoms with Gasteiger partial charge in [0.2, 0.25) is 0 Å². The van der Waals surface area contributed by atoms with E-state index in [1.807, 2.05) is 0 Å². The minimum atomic E-state index is -1.07. The number of nitrogens with two attached hydrogens (primary N) is 1. The van der Waals surface area contributed by atoms with E-state index >= 15 is 0 Å². The Hall–Kier alpha value is -2.96. The molecule has 3 N–H and O–H groups in total. The lowest BCUT2D eigenvalue weighted by atomic mass is 10.2. The first-order valence-electron chi connectivity index (χ1n) is 5.46. The molecule has 94 valence electrons. The van der Waals surface area contributed by atoms with E-state index in [9.17, 15) is 4.79 Å². The van der Waals surface area contributed by atoms with Gasteiger partial charge in [-0.15, -0.1) is 10.2 Å².